The first-order valence-corrected chi connectivity index (χ1v) is 0.471. The molecule has 0 rings (SSSR count). The van der Waals surface area contributed by atoms with E-state index in [0.717, 1.165) is 0 Å². The monoisotopic (exact) mass is 126 g/mol. The molecule has 0 heterocycles. The van der Waals surface area contributed by atoms with E-state index in [2.05, 4.69) is 0 Å². The zero-order valence-electron chi connectivity index (χ0n) is 2.20. The van der Waals surface area contributed by atoms with Crippen molar-refractivity contribution in [3.63, 3.8) is 0 Å². The Morgan fingerprint density at radius 1 is 1.60 bits per heavy atom. The second-order valence-corrected chi connectivity index (χ2v) is 0.0962. The maximum atomic E-state index is 8.25. The van der Waals surface area contributed by atoms with E-state index >= 15 is 0 Å². The van der Waals surface area contributed by atoms with E-state index in [-0.39, 0.29) is 22.5 Å². The standard InChI is InChI=1S/CH2O2.Cu.H2O/c2-1-3;;/h1H,(H,2,3);;1H2/q;+2;/p-1. The molecule has 3 nitrogen and oxygen atoms in total. The zero-order chi connectivity index (χ0) is 2.71. The van der Waals surface area contributed by atoms with Crippen molar-refractivity contribution in [2.24, 2.45) is 0 Å². The van der Waals surface area contributed by atoms with Crippen LogP contribution in [0.4, 0.5) is 0 Å². The fraction of sp³-hybridized carbons (Fsp3) is 0. The first-order chi connectivity index (χ1) is 1.41. The Kier molecular flexibility index (Phi) is 155. The minimum atomic E-state index is -0.500. The molecule has 0 saturated heterocycles. The Bertz CT molecular complexity index is 14.4. The summed E-state index contributed by atoms with van der Waals surface area (Å²) in [5.74, 6) is 0. The van der Waals surface area contributed by atoms with E-state index < -0.39 is 6.47 Å². The third kappa shape index (κ3) is 5880. The van der Waals surface area contributed by atoms with Crippen LogP contribution in [0.5, 0.6) is 0 Å². The smallest absolute Gasteiger partial charge is 0.554 e. The summed E-state index contributed by atoms with van der Waals surface area (Å²) in [5, 5.41) is 8.25. The van der Waals surface area contributed by atoms with Crippen molar-refractivity contribution in [3.05, 3.63) is 0 Å². The predicted octanol–water partition coefficient (Wildman–Crippen LogP) is -2.46. The molecule has 35 valence electrons. The Labute approximate surface area is 39.8 Å². The van der Waals surface area contributed by atoms with Gasteiger partial charge in [0.1, 0.15) is 0 Å². The molecule has 0 aliphatic heterocycles. The molecule has 0 fully saturated rings. The molecular formula is CH3CuO3+. The minimum absolute atomic E-state index is 0. The van der Waals surface area contributed by atoms with Crippen molar-refractivity contribution in [2.75, 3.05) is 0 Å². The zero-order valence-corrected chi connectivity index (χ0v) is 3.14. The molecule has 0 unspecified atom stereocenters. The second-order valence-electron chi connectivity index (χ2n) is 0.0962. The molecule has 0 aromatic rings. The van der Waals surface area contributed by atoms with Crippen LogP contribution in [0.3, 0.4) is 0 Å². The van der Waals surface area contributed by atoms with Crippen LogP contribution in [-0.4, -0.2) is 11.9 Å². The van der Waals surface area contributed by atoms with Crippen LogP contribution in [0.25, 0.3) is 0 Å². The van der Waals surface area contributed by atoms with Crippen molar-refractivity contribution in [2.45, 2.75) is 0 Å². The summed E-state index contributed by atoms with van der Waals surface area (Å²) in [6, 6.07) is 0. The van der Waals surface area contributed by atoms with Crippen LogP contribution >= 0.6 is 0 Å². The van der Waals surface area contributed by atoms with Crippen LogP contribution in [0.15, 0.2) is 0 Å². The molecule has 0 aliphatic rings. The molecule has 0 saturated carbocycles. The van der Waals surface area contributed by atoms with E-state index in [4.69, 9.17) is 9.90 Å². The van der Waals surface area contributed by atoms with Crippen LogP contribution in [0.2, 0.25) is 0 Å². The quantitative estimate of drug-likeness (QED) is 0.267. The number of carboxylic acid groups (broad SMARTS) is 1. The van der Waals surface area contributed by atoms with Crippen LogP contribution in [0, 0.1) is 0 Å². The summed E-state index contributed by atoms with van der Waals surface area (Å²) in [5.41, 5.74) is 0. The van der Waals surface area contributed by atoms with Crippen molar-refractivity contribution >= 4 is 6.47 Å². The van der Waals surface area contributed by atoms with Crippen LogP contribution in [0.1, 0.15) is 0 Å². The molecule has 0 amide bonds. The Morgan fingerprint density at radius 3 is 1.60 bits per heavy atom. The summed E-state index contributed by atoms with van der Waals surface area (Å²) in [6.45, 7) is -0.500. The van der Waals surface area contributed by atoms with Crippen molar-refractivity contribution in [1.82, 2.24) is 0 Å². The molecule has 0 aromatic carbocycles. The predicted molar refractivity (Wildman–Crippen MR) is 9.68 cm³/mol. The summed E-state index contributed by atoms with van der Waals surface area (Å²) in [4.78, 5) is 8.25. The first-order valence-electron chi connectivity index (χ1n) is 0.471. The van der Waals surface area contributed by atoms with Crippen molar-refractivity contribution in [1.29, 1.82) is 0 Å². The average Bonchev–Trinajstić information content (AvgIpc) is 0.918. The number of hydrogen-bond donors (Lipinski definition) is 0. The van der Waals surface area contributed by atoms with E-state index in [0.29, 0.717) is 0 Å². The molecule has 4 heteroatoms. The van der Waals surface area contributed by atoms with Gasteiger partial charge in [0.15, 0.2) is 0 Å². The molecule has 0 aromatic heterocycles. The SMILES string of the molecule is O.O=C[O-].[Cu+2]. The molecule has 1 radical (unpaired) electrons. The number of carbonyl (C=O) groups is 1. The van der Waals surface area contributed by atoms with Crippen LogP contribution in [-0.2, 0) is 21.9 Å². The van der Waals surface area contributed by atoms with E-state index in [9.17, 15) is 0 Å². The number of hydrogen-bond acceptors (Lipinski definition) is 2. The van der Waals surface area contributed by atoms with Gasteiger partial charge in [-0.1, -0.05) is 0 Å². The summed E-state index contributed by atoms with van der Waals surface area (Å²) in [6.07, 6.45) is 0. The summed E-state index contributed by atoms with van der Waals surface area (Å²) in [7, 11) is 0. The molecular weight excluding hydrogens is 124 g/mol. The van der Waals surface area contributed by atoms with Gasteiger partial charge in [-0.05, 0) is 0 Å². The number of rotatable bonds is 0. The minimum Gasteiger partial charge on any atom is -0.554 e. The van der Waals surface area contributed by atoms with Gasteiger partial charge in [-0.15, -0.1) is 0 Å². The van der Waals surface area contributed by atoms with Crippen molar-refractivity contribution < 1.29 is 32.4 Å². The molecule has 2 N–H and O–H groups in total. The molecule has 0 aliphatic carbocycles. The van der Waals surface area contributed by atoms with Gasteiger partial charge < -0.3 is 15.4 Å². The Morgan fingerprint density at radius 2 is 1.60 bits per heavy atom. The van der Waals surface area contributed by atoms with Gasteiger partial charge in [0.2, 0.25) is 0 Å². The Balaban J connectivity index is -0.0000000200. The molecule has 0 bridgehead atoms. The fourth-order valence-electron chi connectivity index (χ4n) is 0. The maximum absolute atomic E-state index is 8.25. The normalized spacial score (nSPS) is 2.40. The van der Waals surface area contributed by atoms with Gasteiger partial charge >= 0.3 is 17.1 Å². The molecule has 0 atom stereocenters. The largest absolute Gasteiger partial charge is 2.00 e. The topological polar surface area (TPSA) is 71.6 Å². The Hall–Kier alpha value is -0.0505. The van der Waals surface area contributed by atoms with Crippen LogP contribution < -0.4 is 5.11 Å². The second kappa shape index (κ2) is 38.1. The average molecular weight is 127 g/mol. The van der Waals surface area contributed by atoms with Gasteiger partial charge in [0.05, 0.1) is 0 Å². The van der Waals surface area contributed by atoms with Gasteiger partial charge in [-0.3, -0.25) is 0 Å². The molecule has 5 heavy (non-hydrogen) atoms. The maximum Gasteiger partial charge on any atom is 2.00 e. The summed E-state index contributed by atoms with van der Waals surface area (Å²) >= 11 is 0. The van der Waals surface area contributed by atoms with E-state index in [1.54, 1.807) is 0 Å². The van der Waals surface area contributed by atoms with Gasteiger partial charge in [-0.2, -0.15) is 0 Å². The molecule has 0 spiro atoms. The van der Waals surface area contributed by atoms with E-state index in [1.165, 1.54) is 0 Å². The van der Waals surface area contributed by atoms with Gasteiger partial charge in [0, 0.05) is 6.47 Å². The number of carbonyl (C=O) groups excluding carboxylic acids is 1. The first kappa shape index (κ1) is 20.3. The van der Waals surface area contributed by atoms with Gasteiger partial charge in [0.25, 0.3) is 0 Å². The third-order valence-corrected chi connectivity index (χ3v) is 0. The summed E-state index contributed by atoms with van der Waals surface area (Å²) < 4.78 is 0. The van der Waals surface area contributed by atoms with Gasteiger partial charge in [-0.25, -0.2) is 0 Å². The van der Waals surface area contributed by atoms with E-state index in [1.807, 2.05) is 0 Å². The van der Waals surface area contributed by atoms with Crippen molar-refractivity contribution in [3.8, 4) is 0 Å². The third-order valence-electron chi connectivity index (χ3n) is 0. The fourth-order valence-corrected chi connectivity index (χ4v) is 0.